The predicted octanol–water partition coefficient (Wildman–Crippen LogP) is 13.9. The Balaban J connectivity index is 1.18. The van der Waals surface area contributed by atoms with Gasteiger partial charge in [-0.25, -0.2) is 4.98 Å². The van der Waals surface area contributed by atoms with Crippen LogP contribution in [0.1, 0.15) is 0 Å². The van der Waals surface area contributed by atoms with Gasteiger partial charge in [-0.1, -0.05) is 127 Å². The van der Waals surface area contributed by atoms with Crippen LogP contribution in [-0.4, -0.2) is 4.98 Å². The van der Waals surface area contributed by atoms with Crippen molar-refractivity contribution in [2.75, 3.05) is 4.90 Å². The number of anilines is 3. The van der Waals surface area contributed by atoms with Gasteiger partial charge in [-0.15, -0.1) is 0 Å². The number of hydrogen-bond donors (Lipinski definition) is 0. The number of rotatable bonds is 7. The lowest BCUT2D eigenvalue weighted by Crippen LogP contribution is -2.10. The molecule has 53 heavy (non-hydrogen) atoms. The largest absolute Gasteiger partial charge is 0.456 e. The number of oxazole rings is 1. The molecule has 10 rings (SSSR count). The number of fused-ring (bicyclic) bond motifs is 5. The second kappa shape index (κ2) is 12.9. The highest BCUT2D eigenvalue weighted by Crippen LogP contribution is 2.44. The number of nitrogens with zero attached hydrogens (tertiary/aromatic N) is 2. The Hall–Kier alpha value is -7.17. The van der Waals surface area contributed by atoms with E-state index in [4.69, 9.17) is 13.8 Å². The molecule has 8 aromatic carbocycles. The highest BCUT2D eigenvalue weighted by molar-refractivity contribution is 6.17. The van der Waals surface area contributed by atoms with Crippen molar-refractivity contribution in [3.63, 3.8) is 0 Å². The van der Waals surface area contributed by atoms with Gasteiger partial charge >= 0.3 is 0 Å². The van der Waals surface area contributed by atoms with Crippen molar-refractivity contribution < 1.29 is 8.83 Å². The number of hydrogen-bond acceptors (Lipinski definition) is 4. The Bertz CT molecular complexity index is 2860. The number of furan rings is 1. The highest BCUT2D eigenvalue weighted by atomic mass is 16.4. The van der Waals surface area contributed by atoms with Crippen LogP contribution < -0.4 is 4.90 Å². The third-order valence-electron chi connectivity index (χ3n) is 9.92. The molecule has 2 heterocycles. The molecule has 0 unspecified atom stereocenters. The molecule has 0 amide bonds. The molecule has 0 aliphatic rings. The first-order valence-corrected chi connectivity index (χ1v) is 17.8. The fourth-order valence-electron chi connectivity index (χ4n) is 7.36. The van der Waals surface area contributed by atoms with E-state index >= 15 is 0 Å². The van der Waals surface area contributed by atoms with Crippen LogP contribution in [-0.2, 0) is 0 Å². The van der Waals surface area contributed by atoms with E-state index in [0.717, 1.165) is 72.4 Å². The van der Waals surface area contributed by atoms with Crippen LogP contribution >= 0.6 is 0 Å². The topological polar surface area (TPSA) is 42.4 Å². The molecule has 0 radical (unpaired) electrons. The molecule has 0 saturated heterocycles. The lowest BCUT2D eigenvalue weighted by Gasteiger charge is -2.27. The maximum absolute atomic E-state index is 6.43. The molecule has 10 aromatic rings. The quantitative estimate of drug-likeness (QED) is 0.168. The van der Waals surface area contributed by atoms with Crippen molar-refractivity contribution in [3.05, 3.63) is 194 Å². The third kappa shape index (κ3) is 5.54. The van der Waals surface area contributed by atoms with Crippen LogP contribution in [0.2, 0.25) is 0 Å². The Labute approximate surface area is 306 Å². The third-order valence-corrected chi connectivity index (χ3v) is 9.92. The predicted molar refractivity (Wildman–Crippen MR) is 218 cm³/mol. The Morgan fingerprint density at radius 3 is 1.55 bits per heavy atom. The van der Waals surface area contributed by atoms with Crippen molar-refractivity contribution in [2.24, 2.45) is 0 Å². The summed E-state index contributed by atoms with van der Waals surface area (Å²) in [6.45, 7) is 0. The maximum atomic E-state index is 6.43. The summed E-state index contributed by atoms with van der Waals surface area (Å²) in [6.07, 6.45) is 0. The first-order chi connectivity index (χ1) is 26.3. The normalized spacial score (nSPS) is 11.4. The van der Waals surface area contributed by atoms with Crippen LogP contribution in [0.5, 0.6) is 0 Å². The molecule has 4 nitrogen and oxygen atoms in total. The zero-order valence-electron chi connectivity index (χ0n) is 28.7. The van der Waals surface area contributed by atoms with Gasteiger partial charge in [0.25, 0.3) is 0 Å². The lowest BCUT2D eigenvalue weighted by atomic mass is 9.93. The molecule has 0 aliphatic carbocycles. The molecular weight excluding hydrogens is 649 g/mol. The van der Waals surface area contributed by atoms with Crippen molar-refractivity contribution in [2.45, 2.75) is 0 Å². The van der Waals surface area contributed by atoms with E-state index in [1.54, 1.807) is 0 Å². The molecular formula is C49H32N2O2. The van der Waals surface area contributed by atoms with E-state index in [1.807, 2.05) is 48.5 Å². The summed E-state index contributed by atoms with van der Waals surface area (Å²) in [4.78, 5) is 7.33. The van der Waals surface area contributed by atoms with Crippen molar-refractivity contribution >= 4 is 50.1 Å². The van der Waals surface area contributed by atoms with Crippen LogP contribution in [0.25, 0.3) is 77.9 Å². The van der Waals surface area contributed by atoms with Gasteiger partial charge in [0.2, 0.25) is 5.89 Å². The van der Waals surface area contributed by atoms with E-state index in [1.165, 1.54) is 16.7 Å². The van der Waals surface area contributed by atoms with E-state index in [-0.39, 0.29) is 0 Å². The molecule has 0 spiro atoms. The van der Waals surface area contributed by atoms with Gasteiger partial charge < -0.3 is 13.7 Å². The zero-order chi connectivity index (χ0) is 35.1. The fourth-order valence-corrected chi connectivity index (χ4v) is 7.36. The van der Waals surface area contributed by atoms with Crippen molar-refractivity contribution in [3.8, 4) is 44.8 Å². The molecule has 0 atom stereocenters. The molecule has 2 aromatic heterocycles. The molecule has 0 N–H and O–H groups in total. The van der Waals surface area contributed by atoms with Gasteiger partial charge in [-0.2, -0.15) is 0 Å². The average Bonchev–Trinajstić information content (AvgIpc) is 3.84. The van der Waals surface area contributed by atoms with Gasteiger partial charge in [-0.05, 0) is 100 Å². The maximum Gasteiger partial charge on any atom is 0.227 e. The highest BCUT2D eigenvalue weighted by Gasteiger charge is 2.21. The smallest absolute Gasteiger partial charge is 0.227 e. The fraction of sp³-hybridized carbons (Fsp3) is 0. The monoisotopic (exact) mass is 680 g/mol. The first-order valence-electron chi connectivity index (χ1n) is 17.8. The van der Waals surface area contributed by atoms with E-state index in [2.05, 4.69) is 150 Å². The Morgan fingerprint density at radius 2 is 0.868 bits per heavy atom. The molecule has 0 aliphatic heterocycles. The second-order valence-electron chi connectivity index (χ2n) is 13.2. The summed E-state index contributed by atoms with van der Waals surface area (Å²) in [6, 6.07) is 67.7. The minimum absolute atomic E-state index is 0.589. The summed E-state index contributed by atoms with van der Waals surface area (Å²) in [5.74, 6) is 0.589. The van der Waals surface area contributed by atoms with Crippen LogP contribution in [0.3, 0.4) is 0 Å². The Kier molecular flexibility index (Phi) is 7.43. The second-order valence-corrected chi connectivity index (χ2v) is 13.2. The summed E-state index contributed by atoms with van der Waals surface area (Å²) in [7, 11) is 0. The lowest BCUT2D eigenvalue weighted by molar-refractivity contribution is 0.619. The SMILES string of the molecule is c1ccc(-c2ccc(N(c3ccc(-c4ccccc4)c(-c4ccccc4)c3)c3ccc4oc5ccc6oc(-c7ccccc7)nc6c5c4c3)cc2)cc1. The zero-order valence-corrected chi connectivity index (χ0v) is 28.7. The van der Waals surface area contributed by atoms with Crippen LogP contribution in [0, 0.1) is 0 Å². The van der Waals surface area contributed by atoms with Gasteiger partial charge in [0.1, 0.15) is 16.7 Å². The molecule has 0 bridgehead atoms. The summed E-state index contributed by atoms with van der Waals surface area (Å²) in [5, 5.41) is 1.92. The van der Waals surface area contributed by atoms with Crippen LogP contribution in [0.15, 0.2) is 203 Å². The summed E-state index contributed by atoms with van der Waals surface area (Å²) in [5.41, 5.74) is 14.1. The molecule has 4 heteroatoms. The summed E-state index contributed by atoms with van der Waals surface area (Å²) >= 11 is 0. The number of aromatic nitrogens is 1. The molecule has 0 saturated carbocycles. The average molecular weight is 681 g/mol. The van der Waals surface area contributed by atoms with E-state index in [9.17, 15) is 0 Å². The summed E-state index contributed by atoms with van der Waals surface area (Å²) < 4.78 is 12.7. The molecule has 250 valence electrons. The minimum atomic E-state index is 0.589. The molecule has 0 fully saturated rings. The van der Waals surface area contributed by atoms with E-state index < -0.39 is 0 Å². The standard InChI is InChI=1S/C49H32N2O2/c1-5-13-33(14-6-1)34-21-23-38(24-22-34)51(39-25-27-41(35-15-7-2-8-16-35)42(31-39)36-17-9-3-10-18-36)40-26-28-44-43(32-40)47-45(52-44)29-30-46-48(47)50-49(53-46)37-19-11-4-12-20-37/h1-32H. The van der Waals surface area contributed by atoms with Gasteiger partial charge in [-0.3, -0.25) is 0 Å². The van der Waals surface area contributed by atoms with Gasteiger partial charge in [0.05, 0.1) is 5.39 Å². The van der Waals surface area contributed by atoms with Gasteiger partial charge in [0.15, 0.2) is 5.58 Å². The number of benzene rings is 8. The van der Waals surface area contributed by atoms with Gasteiger partial charge in [0, 0.05) is 28.0 Å². The van der Waals surface area contributed by atoms with E-state index in [0.29, 0.717) is 5.89 Å². The van der Waals surface area contributed by atoms with Crippen molar-refractivity contribution in [1.82, 2.24) is 4.98 Å². The Morgan fingerprint density at radius 1 is 0.358 bits per heavy atom. The van der Waals surface area contributed by atoms with Crippen molar-refractivity contribution in [1.29, 1.82) is 0 Å². The first kappa shape index (κ1) is 30.6. The van der Waals surface area contributed by atoms with Crippen LogP contribution in [0.4, 0.5) is 17.1 Å². The minimum Gasteiger partial charge on any atom is -0.456 e.